The van der Waals surface area contributed by atoms with Crippen LogP contribution in [0.3, 0.4) is 0 Å². The van der Waals surface area contributed by atoms with E-state index in [1.165, 1.54) is 0 Å². The van der Waals surface area contributed by atoms with Crippen molar-refractivity contribution in [3.05, 3.63) is 59.5 Å². The lowest BCUT2D eigenvalue weighted by atomic mass is 9.97. The van der Waals surface area contributed by atoms with Crippen LogP contribution >= 0.6 is 11.6 Å². The minimum atomic E-state index is -0.275. The second-order valence-corrected chi connectivity index (χ2v) is 7.22. The lowest BCUT2D eigenvalue weighted by Gasteiger charge is -2.23. The summed E-state index contributed by atoms with van der Waals surface area (Å²) in [4.78, 5) is 17.9. The SMILES string of the molecule is CC(=O)N1CCCOC(c2[nH]nc(-c3ccc(Cl)cc3)c2-c2ccncc2)C1. The van der Waals surface area contributed by atoms with Crippen LogP contribution in [0.4, 0.5) is 0 Å². The van der Waals surface area contributed by atoms with Gasteiger partial charge in [-0.1, -0.05) is 23.7 Å². The molecule has 3 aromatic rings. The number of H-pyrrole nitrogens is 1. The Morgan fingerprint density at radius 2 is 1.93 bits per heavy atom. The summed E-state index contributed by atoms with van der Waals surface area (Å²) < 4.78 is 6.10. The molecule has 3 heterocycles. The second kappa shape index (κ2) is 8.12. The number of ether oxygens (including phenoxy) is 1. The molecule has 0 bridgehead atoms. The Morgan fingerprint density at radius 1 is 1.18 bits per heavy atom. The van der Waals surface area contributed by atoms with E-state index >= 15 is 0 Å². The summed E-state index contributed by atoms with van der Waals surface area (Å²) in [6.45, 7) is 3.39. The summed E-state index contributed by atoms with van der Waals surface area (Å²) in [5.41, 5.74) is 4.59. The van der Waals surface area contributed by atoms with Gasteiger partial charge in [-0.25, -0.2) is 0 Å². The van der Waals surface area contributed by atoms with Crippen molar-refractivity contribution in [1.29, 1.82) is 0 Å². The van der Waals surface area contributed by atoms with Crippen molar-refractivity contribution in [2.75, 3.05) is 19.7 Å². The van der Waals surface area contributed by atoms with Crippen LogP contribution < -0.4 is 0 Å². The van der Waals surface area contributed by atoms with E-state index in [2.05, 4.69) is 15.2 Å². The predicted molar refractivity (Wildman–Crippen MR) is 108 cm³/mol. The molecule has 1 aliphatic rings. The molecule has 1 aliphatic heterocycles. The first-order valence-corrected chi connectivity index (χ1v) is 9.63. The van der Waals surface area contributed by atoms with Crippen molar-refractivity contribution in [1.82, 2.24) is 20.1 Å². The predicted octanol–water partition coefficient (Wildman–Crippen LogP) is 4.10. The molecular weight excluding hydrogens is 376 g/mol. The molecule has 28 heavy (non-hydrogen) atoms. The Morgan fingerprint density at radius 3 is 2.64 bits per heavy atom. The van der Waals surface area contributed by atoms with Crippen molar-refractivity contribution >= 4 is 17.5 Å². The Hall–Kier alpha value is -2.70. The number of carbonyl (C=O) groups is 1. The van der Waals surface area contributed by atoms with E-state index in [1.54, 1.807) is 19.3 Å². The average Bonchev–Trinajstić information content (AvgIpc) is 2.99. The smallest absolute Gasteiger partial charge is 0.219 e. The van der Waals surface area contributed by atoms with Crippen LogP contribution in [0.5, 0.6) is 0 Å². The van der Waals surface area contributed by atoms with Gasteiger partial charge in [0.25, 0.3) is 0 Å². The first-order valence-electron chi connectivity index (χ1n) is 9.25. The molecule has 0 saturated carbocycles. The fourth-order valence-electron chi connectivity index (χ4n) is 3.50. The monoisotopic (exact) mass is 396 g/mol. The number of rotatable bonds is 3. The van der Waals surface area contributed by atoms with Crippen molar-refractivity contribution in [2.24, 2.45) is 0 Å². The van der Waals surface area contributed by atoms with Crippen LogP contribution in [0.15, 0.2) is 48.8 Å². The van der Waals surface area contributed by atoms with Gasteiger partial charge in [0.05, 0.1) is 12.2 Å². The van der Waals surface area contributed by atoms with Gasteiger partial charge >= 0.3 is 0 Å². The molecule has 0 aliphatic carbocycles. The number of aromatic nitrogens is 3. The molecule has 1 aromatic carbocycles. The molecule has 1 unspecified atom stereocenters. The molecule has 1 fully saturated rings. The lowest BCUT2D eigenvalue weighted by Crippen LogP contribution is -2.32. The Balaban J connectivity index is 1.81. The molecule has 1 saturated heterocycles. The van der Waals surface area contributed by atoms with E-state index in [1.807, 2.05) is 41.3 Å². The van der Waals surface area contributed by atoms with Crippen LogP contribution in [0.1, 0.15) is 25.1 Å². The third kappa shape index (κ3) is 3.79. The van der Waals surface area contributed by atoms with E-state index in [0.717, 1.165) is 34.5 Å². The number of hydrogen-bond donors (Lipinski definition) is 1. The summed E-state index contributed by atoms with van der Waals surface area (Å²) in [5.74, 6) is 0.0541. The van der Waals surface area contributed by atoms with Gasteiger partial charge in [0.2, 0.25) is 5.91 Å². The molecule has 4 rings (SSSR count). The summed E-state index contributed by atoms with van der Waals surface area (Å²) in [6.07, 6.45) is 4.06. The number of hydrogen-bond acceptors (Lipinski definition) is 4. The minimum absolute atomic E-state index is 0.0541. The fraction of sp³-hybridized carbons (Fsp3) is 0.286. The number of amides is 1. The number of nitrogens with zero attached hydrogens (tertiary/aromatic N) is 3. The molecule has 1 N–H and O–H groups in total. The van der Waals surface area contributed by atoms with Crippen LogP contribution in [-0.4, -0.2) is 45.7 Å². The van der Waals surface area contributed by atoms with Crippen molar-refractivity contribution in [3.63, 3.8) is 0 Å². The largest absolute Gasteiger partial charge is 0.370 e. The maximum atomic E-state index is 12.0. The summed E-state index contributed by atoms with van der Waals surface area (Å²) in [5, 5.41) is 8.45. The number of aromatic amines is 1. The normalized spacial score (nSPS) is 17.4. The molecular formula is C21H21ClN4O2. The Kier molecular flexibility index (Phi) is 5.41. The number of benzene rings is 1. The van der Waals surface area contributed by atoms with Gasteiger partial charge in [0, 0.05) is 48.6 Å². The zero-order valence-corrected chi connectivity index (χ0v) is 16.3. The van der Waals surface area contributed by atoms with Crippen LogP contribution in [0, 0.1) is 0 Å². The maximum absolute atomic E-state index is 12.0. The third-order valence-corrected chi connectivity index (χ3v) is 5.18. The molecule has 1 atom stereocenters. The fourth-order valence-corrected chi connectivity index (χ4v) is 3.63. The molecule has 7 heteroatoms. The molecule has 0 spiro atoms. The summed E-state index contributed by atoms with van der Waals surface area (Å²) in [7, 11) is 0. The topological polar surface area (TPSA) is 71.1 Å². The first kappa shape index (κ1) is 18.7. The minimum Gasteiger partial charge on any atom is -0.370 e. The highest BCUT2D eigenvalue weighted by molar-refractivity contribution is 6.30. The van der Waals surface area contributed by atoms with Crippen molar-refractivity contribution < 1.29 is 9.53 Å². The van der Waals surface area contributed by atoms with Crippen LogP contribution in [0.2, 0.25) is 5.02 Å². The zero-order valence-electron chi connectivity index (χ0n) is 15.6. The number of halogens is 1. The van der Waals surface area contributed by atoms with E-state index in [-0.39, 0.29) is 12.0 Å². The van der Waals surface area contributed by atoms with E-state index < -0.39 is 0 Å². The summed E-state index contributed by atoms with van der Waals surface area (Å²) >= 11 is 6.05. The van der Waals surface area contributed by atoms with Gasteiger partial charge in [-0.3, -0.25) is 14.9 Å². The lowest BCUT2D eigenvalue weighted by molar-refractivity contribution is -0.129. The number of nitrogens with one attached hydrogen (secondary N) is 1. The van der Waals surface area contributed by atoms with Crippen LogP contribution in [0.25, 0.3) is 22.4 Å². The van der Waals surface area contributed by atoms with Crippen molar-refractivity contribution in [3.8, 4) is 22.4 Å². The molecule has 144 valence electrons. The van der Waals surface area contributed by atoms with Gasteiger partial charge in [0.1, 0.15) is 11.8 Å². The van der Waals surface area contributed by atoms with Gasteiger partial charge in [-0.2, -0.15) is 5.10 Å². The van der Waals surface area contributed by atoms with E-state index in [4.69, 9.17) is 16.3 Å². The Labute approximate surface area is 168 Å². The van der Waals surface area contributed by atoms with Crippen LogP contribution in [-0.2, 0) is 9.53 Å². The highest BCUT2D eigenvalue weighted by Gasteiger charge is 2.28. The first-order chi connectivity index (χ1) is 13.6. The maximum Gasteiger partial charge on any atom is 0.219 e. The standard InChI is InChI=1S/C21H21ClN4O2/c1-14(27)26-11-2-12-28-18(13-26)21-19(15-7-9-23-10-8-15)20(24-25-21)16-3-5-17(22)6-4-16/h3-10,18H,2,11-13H2,1H3,(H,24,25). The zero-order chi connectivity index (χ0) is 19.5. The highest BCUT2D eigenvalue weighted by Crippen LogP contribution is 2.37. The quantitative estimate of drug-likeness (QED) is 0.723. The van der Waals surface area contributed by atoms with Crippen molar-refractivity contribution in [2.45, 2.75) is 19.4 Å². The van der Waals surface area contributed by atoms with E-state index in [9.17, 15) is 4.79 Å². The number of carbonyl (C=O) groups excluding carboxylic acids is 1. The molecule has 2 aromatic heterocycles. The number of pyridine rings is 1. The average molecular weight is 397 g/mol. The van der Waals surface area contributed by atoms with Gasteiger partial charge in [-0.05, 0) is 36.2 Å². The Bertz CT molecular complexity index is 956. The van der Waals surface area contributed by atoms with Gasteiger partial charge < -0.3 is 9.64 Å². The van der Waals surface area contributed by atoms with Gasteiger partial charge in [0.15, 0.2) is 0 Å². The van der Waals surface area contributed by atoms with E-state index in [0.29, 0.717) is 24.7 Å². The third-order valence-electron chi connectivity index (χ3n) is 4.93. The molecule has 1 amide bonds. The highest BCUT2D eigenvalue weighted by atomic mass is 35.5. The molecule has 6 nitrogen and oxygen atoms in total. The summed E-state index contributed by atoms with van der Waals surface area (Å²) in [6, 6.07) is 11.5. The second-order valence-electron chi connectivity index (χ2n) is 6.78. The van der Waals surface area contributed by atoms with Gasteiger partial charge in [-0.15, -0.1) is 0 Å². The molecule has 0 radical (unpaired) electrons.